The lowest BCUT2D eigenvalue weighted by Gasteiger charge is -2.15. The van der Waals surface area contributed by atoms with E-state index < -0.39 is 12.5 Å². The SMILES string of the molecule is Cc1ccc(CC(F)(F)CN)c(C)c1. The van der Waals surface area contributed by atoms with Crippen LogP contribution in [-0.4, -0.2) is 12.5 Å². The first-order valence-corrected chi connectivity index (χ1v) is 4.58. The molecule has 0 saturated carbocycles. The minimum Gasteiger partial charge on any atom is -0.325 e. The zero-order valence-corrected chi connectivity index (χ0v) is 8.48. The minimum atomic E-state index is -2.79. The topological polar surface area (TPSA) is 26.0 Å². The van der Waals surface area contributed by atoms with Gasteiger partial charge in [-0.1, -0.05) is 23.8 Å². The highest BCUT2D eigenvalue weighted by atomic mass is 19.3. The van der Waals surface area contributed by atoms with Crippen molar-refractivity contribution in [2.75, 3.05) is 6.54 Å². The van der Waals surface area contributed by atoms with Gasteiger partial charge in [-0.15, -0.1) is 0 Å². The minimum absolute atomic E-state index is 0.268. The Kier molecular flexibility index (Phi) is 3.21. The van der Waals surface area contributed by atoms with E-state index in [0.29, 0.717) is 5.56 Å². The third kappa shape index (κ3) is 2.77. The normalized spacial score (nSPS) is 11.8. The molecule has 1 aromatic rings. The summed E-state index contributed by atoms with van der Waals surface area (Å²) in [5.74, 6) is -2.79. The number of rotatable bonds is 3. The van der Waals surface area contributed by atoms with Gasteiger partial charge >= 0.3 is 0 Å². The molecule has 0 heterocycles. The summed E-state index contributed by atoms with van der Waals surface area (Å²) in [4.78, 5) is 0. The third-order valence-corrected chi connectivity index (χ3v) is 2.25. The van der Waals surface area contributed by atoms with Crippen molar-refractivity contribution in [2.45, 2.75) is 26.2 Å². The van der Waals surface area contributed by atoms with Crippen LogP contribution < -0.4 is 5.73 Å². The molecule has 3 heteroatoms. The van der Waals surface area contributed by atoms with E-state index in [1.54, 1.807) is 6.07 Å². The average Bonchev–Trinajstić information content (AvgIpc) is 2.10. The summed E-state index contributed by atoms with van der Waals surface area (Å²) in [5.41, 5.74) is 7.64. The second kappa shape index (κ2) is 4.05. The van der Waals surface area contributed by atoms with Crippen LogP contribution in [0.3, 0.4) is 0 Å². The van der Waals surface area contributed by atoms with Crippen LogP contribution in [-0.2, 0) is 6.42 Å². The maximum atomic E-state index is 13.0. The number of nitrogens with two attached hydrogens (primary N) is 1. The Bertz CT molecular complexity index is 321. The second-order valence-corrected chi connectivity index (χ2v) is 3.67. The molecule has 0 aromatic heterocycles. The van der Waals surface area contributed by atoms with Gasteiger partial charge in [0.1, 0.15) is 0 Å². The largest absolute Gasteiger partial charge is 0.325 e. The number of aryl methyl sites for hydroxylation is 2. The van der Waals surface area contributed by atoms with Crippen LogP contribution in [0.15, 0.2) is 18.2 Å². The van der Waals surface area contributed by atoms with E-state index in [4.69, 9.17) is 5.73 Å². The zero-order chi connectivity index (χ0) is 10.8. The van der Waals surface area contributed by atoms with Crippen molar-refractivity contribution in [2.24, 2.45) is 5.73 Å². The van der Waals surface area contributed by atoms with Gasteiger partial charge in [-0.3, -0.25) is 0 Å². The van der Waals surface area contributed by atoms with Crippen molar-refractivity contribution in [3.05, 3.63) is 34.9 Å². The molecule has 1 rings (SSSR count). The Balaban J connectivity index is 2.87. The molecule has 1 nitrogen and oxygen atoms in total. The molecule has 0 spiro atoms. The van der Waals surface area contributed by atoms with Gasteiger partial charge in [-0.25, -0.2) is 8.78 Å². The molecule has 0 aliphatic heterocycles. The van der Waals surface area contributed by atoms with E-state index in [1.165, 1.54) is 0 Å². The third-order valence-electron chi connectivity index (χ3n) is 2.25. The Morgan fingerprint density at radius 3 is 2.43 bits per heavy atom. The van der Waals surface area contributed by atoms with Crippen LogP contribution >= 0.6 is 0 Å². The Hall–Kier alpha value is -0.960. The molecule has 0 atom stereocenters. The van der Waals surface area contributed by atoms with Crippen LogP contribution in [0.25, 0.3) is 0 Å². The molecule has 1 aromatic carbocycles. The highest BCUT2D eigenvalue weighted by Crippen LogP contribution is 2.21. The maximum Gasteiger partial charge on any atom is 0.264 e. The zero-order valence-electron chi connectivity index (χ0n) is 8.48. The van der Waals surface area contributed by atoms with E-state index in [2.05, 4.69) is 0 Å². The van der Waals surface area contributed by atoms with E-state index in [-0.39, 0.29) is 6.42 Å². The lowest BCUT2D eigenvalue weighted by molar-refractivity contribution is 0.0113. The van der Waals surface area contributed by atoms with E-state index >= 15 is 0 Å². The summed E-state index contributed by atoms with van der Waals surface area (Å²) >= 11 is 0. The first kappa shape index (κ1) is 11.1. The highest BCUT2D eigenvalue weighted by molar-refractivity contribution is 5.31. The van der Waals surface area contributed by atoms with Gasteiger partial charge in [0.15, 0.2) is 0 Å². The highest BCUT2D eigenvalue weighted by Gasteiger charge is 2.27. The Labute approximate surface area is 82.9 Å². The number of halogens is 2. The fourth-order valence-electron chi connectivity index (χ4n) is 1.39. The van der Waals surface area contributed by atoms with E-state index in [9.17, 15) is 8.78 Å². The molecule has 0 bridgehead atoms. The standard InChI is InChI=1S/C11H15F2N/c1-8-3-4-10(9(2)5-8)6-11(12,13)7-14/h3-5H,6-7,14H2,1-2H3. The van der Waals surface area contributed by atoms with Crippen molar-refractivity contribution in [3.8, 4) is 0 Å². The van der Waals surface area contributed by atoms with Crippen molar-refractivity contribution < 1.29 is 8.78 Å². The molecule has 14 heavy (non-hydrogen) atoms. The van der Waals surface area contributed by atoms with E-state index in [1.807, 2.05) is 26.0 Å². The first-order chi connectivity index (χ1) is 6.44. The summed E-state index contributed by atoms with van der Waals surface area (Å²) in [6, 6.07) is 5.49. The lowest BCUT2D eigenvalue weighted by atomic mass is 10.00. The van der Waals surface area contributed by atoms with Gasteiger partial charge in [0.05, 0.1) is 6.54 Å². The fourth-order valence-corrected chi connectivity index (χ4v) is 1.39. The lowest BCUT2D eigenvalue weighted by Crippen LogP contribution is -2.30. The Morgan fingerprint density at radius 2 is 1.93 bits per heavy atom. The summed E-state index contributed by atoms with van der Waals surface area (Å²) in [7, 11) is 0. The molecule has 2 N–H and O–H groups in total. The van der Waals surface area contributed by atoms with Gasteiger partial charge in [-0.2, -0.15) is 0 Å². The molecule has 0 amide bonds. The van der Waals surface area contributed by atoms with Crippen LogP contribution in [0.1, 0.15) is 16.7 Å². The average molecular weight is 199 g/mol. The van der Waals surface area contributed by atoms with Crippen LogP contribution in [0.4, 0.5) is 8.78 Å². The van der Waals surface area contributed by atoms with Gasteiger partial charge < -0.3 is 5.73 Å². The van der Waals surface area contributed by atoms with Gasteiger partial charge in [0.2, 0.25) is 0 Å². The monoisotopic (exact) mass is 199 g/mol. The molecule has 0 unspecified atom stereocenters. The van der Waals surface area contributed by atoms with Crippen LogP contribution in [0, 0.1) is 13.8 Å². The van der Waals surface area contributed by atoms with Crippen LogP contribution in [0.2, 0.25) is 0 Å². The number of hydrogen-bond donors (Lipinski definition) is 1. The van der Waals surface area contributed by atoms with Crippen molar-refractivity contribution in [3.63, 3.8) is 0 Å². The molecule has 0 aliphatic rings. The van der Waals surface area contributed by atoms with Crippen LogP contribution in [0.5, 0.6) is 0 Å². The van der Waals surface area contributed by atoms with Gasteiger partial charge in [-0.05, 0) is 25.0 Å². The fraction of sp³-hybridized carbons (Fsp3) is 0.455. The maximum absolute atomic E-state index is 13.0. The summed E-state index contributed by atoms with van der Waals surface area (Å²) in [5, 5.41) is 0. The molecule has 78 valence electrons. The van der Waals surface area contributed by atoms with Crippen molar-refractivity contribution in [1.82, 2.24) is 0 Å². The number of alkyl halides is 2. The molecular formula is C11H15F2N. The summed E-state index contributed by atoms with van der Waals surface area (Å²) in [6.07, 6.45) is -0.268. The molecular weight excluding hydrogens is 184 g/mol. The van der Waals surface area contributed by atoms with Gasteiger partial charge in [0, 0.05) is 6.42 Å². The quantitative estimate of drug-likeness (QED) is 0.795. The smallest absolute Gasteiger partial charge is 0.264 e. The molecule has 0 fully saturated rings. The molecule has 0 aliphatic carbocycles. The predicted octanol–water partition coefficient (Wildman–Crippen LogP) is 2.44. The first-order valence-electron chi connectivity index (χ1n) is 4.58. The molecule has 0 saturated heterocycles. The van der Waals surface area contributed by atoms with Crippen molar-refractivity contribution >= 4 is 0 Å². The Morgan fingerprint density at radius 1 is 1.29 bits per heavy atom. The predicted molar refractivity (Wildman–Crippen MR) is 53.6 cm³/mol. The van der Waals surface area contributed by atoms with Crippen molar-refractivity contribution in [1.29, 1.82) is 0 Å². The number of hydrogen-bond acceptors (Lipinski definition) is 1. The molecule has 0 radical (unpaired) electrons. The summed E-state index contributed by atoms with van der Waals surface area (Å²) < 4.78 is 26.0. The summed E-state index contributed by atoms with van der Waals surface area (Å²) in [6.45, 7) is 3.19. The van der Waals surface area contributed by atoms with E-state index in [0.717, 1.165) is 11.1 Å². The second-order valence-electron chi connectivity index (χ2n) is 3.67. The number of benzene rings is 1. The van der Waals surface area contributed by atoms with Gasteiger partial charge in [0.25, 0.3) is 5.92 Å².